The van der Waals surface area contributed by atoms with Crippen LogP contribution >= 0.6 is 0 Å². The molecule has 0 aromatic carbocycles. The number of carbonyl (C=O) groups is 2. The molecule has 1 aliphatic heterocycles. The molecule has 0 unspecified atom stereocenters. The molecule has 1 aromatic heterocycles. The Labute approximate surface area is 148 Å². The predicted octanol–water partition coefficient (Wildman–Crippen LogP) is 2.70. The van der Waals surface area contributed by atoms with Gasteiger partial charge in [0.15, 0.2) is 0 Å². The molecule has 7 heteroatoms. The van der Waals surface area contributed by atoms with Crippen molar-refractivity contribution in [2.75, 3.05) is 20.1 Å². The van der Waals surface area contributed by atoms with Crippen molar-refractivity contribution in [1.82, 2.24) is 20.5 Å². The monoisotopic (exact) mass is 348 g/mol. The van der Waals surface area contributed by atoms with Crippen molar-refractivity contribution in [1.29, 1.82) is 0 Å². The van der Waals surface area contributed by atoms with Crippen LogP contribution in [0.3, 0.4) is 0 Å². The quantitative estimate of drug-likeness (QED) is 0.854. The Bertz CT molecular complexity index is 595. The maximum Gasteiger partial charge on any atom is 0.321 e. The lowest BCUT2D eigenvalue weighted by Gasteiger charge is -2.21. The van der Waals surface area contributed by atoms with Gasteiger partial charge in [0.25, 0.3) is 0 Å². The van der Waals surface area contributed by atoms with E-state index in [9.17, 15) is 9.59 Å². The molecule has 3 rings (SSSR count). The lowest BCUT2D eigenvalue weighted by atomic mass is 9.87. The van der Waals surface area contributed by atoms with Gasteiger partial charge in [-0.25, -0.2) is 9.78 Å². The van der Waals surface area contributed by atoms with Crippen LogP contribution in [0.1, 0.15) is 74.9 Å². The molecule has 138 valence electrons. The first kappa shape index (κ1) is 17.9. The summed E-state index contributed by atoms with van der Waals surface area (Å²) in [5, 5.41) is 4.68. The molecular formula is C18H28N4O3. The molecule has 7 nitrogen and oxygen atoms in total. The first-order valence-corrected chi connectivity index (χ1v) is 9.38. The second-order valence-electron chi connectivity index (χ2n) is 7.02. The molecular weight excluding hydrogens is 320 g/mol. The van der Waals surface area contributed by atoms with E-state index < -0.39 is 6.03 Å². The Morgan fingerprint density at radius 1 is 1.24 bits per heavy atom. The Hall–Kier alpha value is -1.89. The number of likely N-dealkylation sites (tertiary alicyclic amines) is 1. The number of rotatable bonds is 5. The fourth-order valence-corrected chi connectivity index (χ4v) is 3.91. The van der Waals surface area contributed by atoms with Gasteiger partial charge in [-0.15, -0.1) is 0 Å². The average Bonchev–Trinajstić information content (AvgIpc) is 3.29. The number of hydrogen-bond donors (Lipinski definition) is 2. The first-order chi connectivity index (χ1) is 12.2. The molecule has 3 amide bonds. The van der Waals surface area contributed by atoms with Crippen LogP contribution in [0.4, 0.5) is 4.79 Å². The van der Waals surface area contributed by atoms with E-state index in [0.29, 0.717) is 18.9 Å². The third-order valence-corrected chi connectivity index (χ3v) is 5.32. The lowest BCUT2D eigenvalue weighted by Crippen LogP contribution is -2.39. The van der Waals surface area contributed by atoms with E-state index in [0.717, 1.165) is 31.0 Å². The van der Waals surface area contributed by atoms with Crippen LogP contribution in [-0.4, -0.2) is 42.0 Å². The Morgan fingerprint density at radius 2 is 2.04 bits per heavy atom. The Morgan fingerprint density at radius 3 is 2.80 bits per heavy atom. The van der Waals surface area contributed by atoms with E-state index in [-0.39, 0.29) is 11.9 Å². The van der Waals surface area contributed by atoms with E-state index >= 15 is 0 Å². The minimum atomic E-state index is -0.465. The highest BCUT2D eigenvalue weighted by molar-refractivity contribution is 5.94. The number of nitrogens with one attached hydrogen (secondary N) is 2. The number of imide groups is 1. The smallest absolute Gasteiger partial charge is 0.321 e. The highest BCUT2D eigenvalue weighted by Crippen LogP contribution is 2.35. The summed E-state index contributed by atoms with van der Waals surface area (Å²) in [6, 6.07) is -0.321. The molecule has 1 saturated carbocycles. The highest BCUT2D eigenvalue weighted by Gasteiger charge is 2.31. The summed E-state index contributed by atoms with van der Waals surface area (Å²) in [6.45, 7) is 1.54. The molecule has 1 aromatic rings. The highest BCUT2D eigenvalue weighted by atomic mass is 16.3. The summed E-state index contributed by atoms with van der Waals surface area (Å²) in [5.41, 5.74) is 1.10. The van der Waals surface area contributed by atoms with Crippen LogP contribution in [0.2, 0.25) is 0 Å². The van der Waals surface area contributed by atoms with Crippen molar-refractivity contribution >= 4 is 11.9 Å². The van der Waals surface area contributed by atoms with Gasteiger partial charge in [0, 0.05) is 25.9 Å². The first-order valence-electron chi connectivity index (χ1n) is 9.38. The van der Waals surface area contributed by atoms with Crippen molar-refractivity contribution in [2.45, 2.75) is 63.3 Å². The molecule has 1 aliphatic carbocycles. The van der Waals surface area contributed by atoms with Crippen LogP contribution in [0.5, 0.6) is 0 Å². The zero-order valence-electron chi connectivity index (χ0n) is 14.9. The number of nitrogens with zero attached hydrogens (tertiary/aromatic N) is 2. The molecule has 2 fully saturated rings. The maximum absolute atomic E-state index is 11.8. The molecule has 0 bridgehead atoms. The van der Waals surface area contributed by atoms with Crippen molar-refractivity contribution in [3.63, 3.8) is 0 Å². The normalized spacial score (nSPS) is 22.0. The second-order valence-corrected chi connectivity index (χ2v) is 7.02. The number of hydrogen-bond acceptors (Lipinski definition) is 5. The number of oxazole rings is 1. The number of urea groups is 1. The zero-order valence-corrected chi connectivity index (χ0v) is 14.9. The third kappa shape index (κ3) is 4.60. The number of aromatic nitrogens is 1. The number of carbonyl (C=O) groups excluding carboxylic acids is 2. The lowest BCUT2D eigenvalue weighted by molar-refractivity contribution is -0.120. The fourth-order valence-electron chi connectivity index (χ4n) is 3.91. The van der Waals surface area contributed by atoms with Gasteiger partial charge in [-0.2, -0.15) is 0 Å². The van der Waals surface area contributed by atoms with Crippen LogP contribution in [0.25, 0.3) is 0 Å². The van der Waals surface area contributed by atoms with Crippen LogP contribution in [0, 0.1) is 0 Å². The van der Waals surface area contributed by atoms with Crippen molar-refractivity contribution < 1.29 is 14.0 Å². The largest absolute Gasteiger partial charge is 0.447 e. The third-order valence-electron chi connectivity index (χ3n) is 5.32. The Balaban J connectivity index is 1.55. The van der Waals surface area contributed by atoms with Gasteiger partial charge in [-0.3, -0.25) is 15.0 Å². The van der Waals surface area contributed by atoms with Gasteiger partial charge >= 0.3 is 6.03 Å². The van der Waals surface area contributed by atoms with Crippen LogP contribution in [0.15, 0.2) is 10.7 Å². The van der Waals surface area contributed by atoms with Gasteiger partial charge in [0.1, 0.15) is 6.26 Å². The topological polar surface area (TPSA) is 87.5 Å². The van der Waals surface area contributed by atoms with Crippen molar-refractivity contribution in [3.8, 4) is 0 Å². The summed E-state index contributed by atoms with van der Waals surface area (Å²) >= 11 is 0. The zero-order chi connectivity index (χ0) is 17.6. The SMILES string of the molecule is CNC(=O)NC(=O)CCN1CCC[C@@H]1c1nc(C2CCCCC2)co1. The minimum Gasteiger partial charge on any atom is -0.447 e. The molecule has 0 radical (unpaired) electrons. The summed E-state index contributed by atoms with van der Waals surface area (Å²) in [5.74, 6) is 1.06. The van der Waals surface area contributed by atoms with E-state index in [1.165, 1.54) is 39.2 Å². The van der Waals surface area contributed by atoms with Crippen molar-refractivity contribution in [3.05, 3.63) is 17.8 Å². The molecule has 2 N–H and O–H groups in total. The summed E-state index contributed by atoms with van der Waals surface area (Å²) in [7, 11) is 1.49. The van der Waals surface area contributed by atoms with Gasteiger partial charge in [0.05, 0.1) is 11.7 Å². The standard InChI is InChI=1S/C18H28N4O3/c1-19-18(24)21-16(23)9-11-22-10-5-8-15(22)17-20-14(12-25-17)13-6-3-2-4-7-13/h12-13,15H,2-11H2,1H3,(H2,19,21,23,24)/t15-/m1/s1. The maximum atomic E-state index is 11.8. The molecule has 25 heavy (non-hydrogen) atoms. The average molecular weight is 348 g/mol. The summed E-state index contributed by atoms with van der Waals surface area (Å²) in [6.07, 6.45) is 10.5. The van der Waals surface area contributed by atoms with Crippen molar-refractivity contribution in [2.24, 2.45) is 0 Å². The molecule has 0 spiro atoms. The fraction of sp³-hybridized carbons (Fsp3) is 0.722. The minimum absolute atomic E-state index is 0.144. The van der Waals surface area contributed by atoms with Gasteiger partial charge < -0.3 is 9.73 Å². The molecule has 1 saturated heterocycles. The summed E-state index contributed by atoms with van der Waals surface area (Å²) < 4.78 is 5.80. The number of amides is 3. The molecule has 2 aliphatic rings. The predicted molar refractivity (Wildman–Crippen MR) is 93.1 cm³/mol. The second kappa shape index (κ2) is 8.47. The van der Waals surface area contributed by atoms with Crippen LogP contribution in [-0.2, 0) is 4.79 Å². The summed E-state index contributed by atoms with van der Waals surface area (Å²) in [4.78, 5) is 30.0. The molecule has 1 atom stereocenters. The molecule has 2 heterocycles. The van der Waals surface area contributed by atoms with E-state index in [1.807, 2.05) is 6.26 Å². The van der Waals surface area contributed by atoms with E-state index in [1.54, 1.807) is 0 Å². The van der Waals surface area contributed by atoms with Gasteiger partial charge in [-0.1, -0.05) is 19.3 Å². The van der Waals surface area contributed by atoms with E-state index in [2.05, 4.69) is 15.5 Å². The Kier molecular flexibility index (Phi) is 6.07. The van der Waals surface area contributed by atoms with Crippen LogP contribution < -0.4 is 10.6 Å². The van der Waals surface area contributed by atoms with Gasteiger partial charge in [0.2, 0.25) is 11.8 Å². The van der Waals surface area contributed by atoms with E-state index in [4.69, 9.17) is 9.40 Å². The van der Waals surface area contributed by atoms with Gasteiger partial charge in [-0.05, 0) is 32.2 Å².